The van der Waals surface area contributed by atoms with Gasteiger partial charge in [-0.25, -0.2) is 0 Å². The molecule has 0 radical (unpaired) electrons. The largest absolute Gasteiger partial charge is 0.490 e. The molecule has 160 valence electrons. The Morgan fingerprint density at radius 1 is 1.27 bits per heavy atom. The molecule has 5 nitrogen and oxygen atoms in total. The number of rotatable bonds is 7. The van der Waals surface area contributed by atoms with Crippen molar-refractivity contribution < 1.29 is 9.53 Å². The number of pyridine rings is 1. The van der Waals surface area contributed by atoms with Gasteiger partial charge in [0.1, 0.15) is 5.75 Å². The van der Waals surface area contributed by atoms with Crippen LogP contribution in [0.3, 0.4) is 0 Å². The molecule has 2 aliphatic rings. The van der Waals surface area contributed by atoms with Crippen LogP contribution in [-0.2, 0) is 6.54 Å². The molecule has 0 unspecified atom stereocenters. The molecule has 1 amide bonds. The van der Waals surface area contributed by atoms with Crippen LogP contribution < -0.4 is 4.74 Å². The fourth-order valence-corrected chi connectivity index (χ4v) is 4.64. The maximum Gasteiger partial charge on any atom is 0.255 e. The molecular formula is C24H30ClN3O2. The lowest BCUT2D eigenvalue weighted by Gasteiger charge is -2.37. The minimum Gasteiger partial charge on any atom is -0.490 e. The summed E-state index contributed by atoms with van der Waals surface area (Å²) in [6.45, 7) is 5.85. The Morgan fingerprint density at radius 2 is 2.03 bits per heavy atom. The highest BCUT2D eigenvalue weighted by Crippen LogP contribution is 2.33. The van der Waals surface area contributed by atoms with Gasteiger partial charge in [0.05, 0.1) is 11.7 Å². The lowest BCUT2D eigenvalue weighted by atomic mass is 9.82. The monoisotopic (exact) mass is 427 g/mol. The van der Waals surface area contributed by atoms with E-state index in [0.29, 0.717) is 11.5 Å². The fourth-order valence-electron chi connectivity index (χ4n) is 4.41. The van der Waals surface area contributed by atoms with Gasteiger partial charge in [0.2, 0.25) is 0 Å². The van der Waals surface area contributed by atoms with E-state index >= 15 is 0 Å². The van der Waals surface area contributed by atoms with Gasteiger partial charge in [-0.05, 0) is 81.4 Å². The third-order valence-corrected chi connectivity index (χ3v) is 6.58. The molecule has 0 bridgehead atoms. The van der Waals surface area contributed by atoms with E-state index in [1.165, 1.54) is 18.4 Å². The summed E-state index contributed by atoms with van der Waals surface area (Å²) >= 11 is 6.50. The highest BCUT2D eigenvalue weighted by molar-refractivity contribution is 6.31. The number of carbonyl (C=O) groups is 1. The molecule has 1 saturated carbocycles. The Labute approximate surface area is 184 Å². The molecule has 0 atom stereocenters. The van der Waals surface area contributed by atoms with Crippen LogP contribution in [0.2, 0.25) is 5.02 Å². The lowest BCUT2D eigenvalue weighted by molar-refractivity contribution is 0.0418. The molecule has 4 rings (SSSR count). The number of ether oxygens (including phenoxy) is 1. The van der Waals surface area contributed by atoms with Crippen molar-refractivity contribution in [3.8, 4) is 5.75 Å². The van der Waals surface area contributed by atoms with Crippen molar-refractivity contribution in [3.05, 3.63) is 58.4 Å². The molecule has 1 aliphatic carbocycles. The van der Waals surface area contributed by atoms with Gasteiger partial charge < -0.3 is 9.64 Å². The summed E-state index contributed by atoms with van der Waals surface area (Å²) in [5.74, 6) is 1.33. The summed E-state index contributed by atoms with van der Waals surface area (Å²) in [7, 11) is 1.86. The highest BCUT2D eigenvalue weighted by atomic mass is 35.5. The molecule has 0 N–H and O–H groups in total. The van der Waals surface area contributed by atoms with Crippen molar-refractivity contribution in [3.63, 3.8) is 0 Å². The van der Waals surface area contributed by atoms with E-state index in [9.17, 15) is 4.79 Å². The number of halogens is 1. The SMILES string of the molecule is Cc1ncccc1C(=O)N(C)CC1CC(Oc2ccc(CN3CCCC3)c(Cl)c2)C1. The first kappa shape index (κ1) is 21.1. The van der Waals surface area contributed by atoms with Crippen molar-refractivity contribution in [2.24, 2.45) is 5.92 Å². The van der Waals surface area contributed by atoms with Crippen molar-refractivity contribution in [1.82, 2.24) is 14.8 Å². The Kier molecular flexibility index (Phi) is 6.59. The molecule has 2 heterocycles. The third-order valence-electron chi connectivity index (χ3n) is 6.23. The van der Waals surface area contributed by atoms with Crippen LogP contribution in [0.1, 0.15) is 47.3 Å². The van der Waals surface area contributed by atoms with Gasteiger partial charge in [0.15, 0.2) is 0 Å². The predicted octanol–water partition coefficient (Wildman–Crippen LogP) is 4.57. The summed E-state index contributed by atoms with van der Waals surface area (Å²) in [6, 6.07) is 9.72. The number of amides is 1. The van der Waals surface area contributed by atoms with Gasteiger partial charge in [-0.2, -0.15) is 0 Å². The Morgan fingerprint density at radius 3 is 2.73 bits per heavy atom. The smallest absolute Gasteiger partial charge is 0.255 e. The molecule has 30 heavy (non-hydrogen) atoms. The van der Waals surface area contributed by atoms with Crippen LogP contribution in [0.15, 0.2) is 36.5 Å². The van der Waals surface area contributed by atoms with E-state index < -0.39 is 0 Å². The third kappa shape index (κ3) is 4.96. The van der Waals surface area contributed by atoms with E-state index in [0.717, 1.165) is 55.5 Å². The van der Waals surface area contributed by atoms with Crippen LogP contribution in [0.5, 0.6) is 5.75 Å². The second-order valence-electron chi connectivity index (χ2n) is 8.64. The normalized spacial score (nSPS) is 21.3. The highest BCUT2D eigenvalue weighted by Gasteiger charge is 2.33. The molecule has 6 heteroatoms. The second-order valence-corrected chi connectivity index (χ2v) is 9.04. The molecule has 2 fully saturated rings. The topological polar surface area (TPSA) is 45.7 Å². The number of aryl methyl sites for hydroxylation is 1. The maximum absolute atomic E-state index is 12.6. The zero-order chi connectivity index (χ0) is 21.1. The van der Waals surface area contributed by atoms with Gasteiger partial charge in [-0.1, -0.05) is 17.7 Å². The fraction of sp³-hybridized carbons (Fsp3) is 0.500. The van der Waals surface area contributed by atoms with E-state index in [1.807, 2.05) is 38.2 Å². The van der Waals surface area contributed by atoms with Crippen LogP contribution in [-0.4, -0.2) is 53.5 Å². The quantitative estimate of drug-likeness (QED) is 0.649. The Hall–Kier alpha value is -2.11. The average Bonchev–Trinajstić information content (AvgIpc) is 3.21. The first-order valence-corrected chi connectivity index (χ1v) is 11.2. The van der Waals surface area contributed by atoms with Gasteiger partial charge in [0.25, 0.3) is 5.91 Å². The molecule has 0 spiro atoms. The van der Waals surface area contributed by atoms with E-state index in [-0.39, 0.29) is 12.0 Å². The maximum atomic E-state index is 12.6. The van der Waals surface area contributed by atoms with Gasteiger partial charge in [-0.15, -0.1) is 0 Å². The molecule has 2 aromatic rings. The minimum atomic E-state index is 0.0327. The minimum absolute atomic E-state index is 0.0327. The number of carbonyl (C=O) groups excluding carboxylic acids is 1. The van der Waals surface area contributed by atoms with Gasteiger partial charge in [0, 0.05) is 37.1 Å². The molecular weight excluding hydrogens is 398 g/mol. The zero-order valence-electron chi connectivity index (χ0n) is 17.8. The van der Waals surface area contributed by atoms with E-state index in [4.69, 9.17) is 16.3 Å². The zero-order valence-corrected chi connectivity index (χ0v) is 18.6. The van der Waals surface area contributed by atoms with Crippen LogP contribution in [0.4, 0.5) is 0 Å². The summed E-state index contributed by atoms with van der Waals surface area (Å²) < 4.78 is 6.12. The summed E-state index contributed by atoms with van der Waals surface area (Å²) in [6.07, 6.45) is 6.38. The molecule has 1 saturated heterocycles. The second kappa shape index (κ2) is 9.36. The number of hydrogen-bond donors (Lipinski definition) is 0. The number of hydrogen-bond acceptors (Lipinski definition) is 4. The van der Waals surface area contributed by atoms with Gasteiger partial charge >= 0.3 is 0 Å². The molecule has 1 aliphatic heterocycles. The van der Waals surface area contributed by atoms with Crippen LogP contribution >= 0.6 is 11.6 Å². The predicted molar refractivity (Wildman–Crippen MR) is 119 cm³/mol. The Bertz CT molecular complexity index is 892. The van der Waals surface area contributed by atoms with Crippen molar-refractivity contribution in [1.29, 1.82) is 0 Å². The van der Waals surface area contributed by atoms with Crippen LogP contribution in [0, 0.1) is 12.8 Å². The summed E-state index contributed by atoms with van der Waals surface area (Å²) in [4.78, 5) is 21.1. The van der Waals surface area contributed by atoms with E-state index in [1.54, 1.807) is 11.1 Å². The first-order chi connectivity index (χ1) is 14.5. The van der Waals surface area contributed by atoms with Crippen molar-refractivity contribution >= 4 is 17.5 Å². The first-order valence-electron chi connectivity index (χ1n) is 10.8. The van der Waals surface area contributed by atoms with Crippen LogP contribution in [0.25, 0.3) is 0 Å². The number of likely N-dealkylation sites (tertiary alicyclic amines) is 1. The summed E-state index contributed by atoms with van der Waals surface area (Å²) in [5, 5.41) is 0.785. The van der Waals surface area contributed by atoms with Crippen molar-refractivity contribution in [2.75, 3.05) is 26.7 Å². The van der Waals surface area contributed by atoms with Gasteiger partial charge in [-0.3, -0.25) is 14.7 Å². The molecule has 1 aromatic heterocycles. The van der Waals surface area contributed by atoms with E-state index in [2.05, 4.69) is 16.0 Å². The number of nitrogens with zero attached hydrogens (tertiary/aromatic N) is 3. The molecule has 1 aromatic carbocycles. The Balaban J connectivity index is 1.24. The number of aromatic nitrogens is 1. The summed E-state index contributed by atoms with van der Waals surface area (Å²) in [5.41, 5.74) is 2.62. The number of benzene rings is 1. The standard InChI is InChI=1S/C24H30ClN3O2/c1-17-22(6-5-9-26-17)24(29)27(2)15-18-12-21(13-18)30-20-8-7-19(23(25)14-20)16-28-10-3-4-11-28/h5-9,14,18,21H,3-4,10-13,15-16H2,1-2H3. The lowest BCUT2D eigenvalue weighted by Crippen LogP contribution is -2.42. The van der Waals surface area contributed by atoms with Crippen molar-refractivity contribution in [2.45, 2.75) is 45.3 Å². The average molecular weight is 428 g/mol.